The Morgan fingerprint density at radius 3 is 2.76 bits per heavy atom. The lowest BCUT2D eigenvalue weighted by atomic mass is 9.95. The maximum absolute atomic E-state index is 12.1. The lowest BCUT2D eigenvalue weighted by Gasteiger charge is -2.25. The van der Waals surface area contributed by atoms with Crippen LogP contribution in [0.15, 0.2) is 12.4 Å². The number of nitrogens with zero attached hydrogens (tertiary/aromatic N) is 2. The van der Waals surface area contributed by atoms with Gasteiger partial charge >= 0.3 is 0 Å². The standard InChI is InChI=1S/C13H21N3O/c1-10(16-9-8-14-11(16)2)13(17)15-12-6-4-3-5-7-12/h8-10,12H,3-7H2,1-2H3,(H,15,17). The van der Waals surface area contributed by atoms with Crippen molar-refractivity contribution in [2.24, 2.45) is 0 Å². The number of imidazole rings is 1. The van der Waals surface area contributed by atoms with E-state index in [9.17, 15) is 4.79 Å². The number of hydrogen-bond acceptors (Lipinski definition) is 2. The van der Waals surface area contributed by atoms with Crippen molar-refractivity contribution in [2.45, 2.75) is 58.0 Å². The fourth-order valence-electron chi connectivity index (χ4n) is 2.49. The monoisotopic (exact) mass is 235 g/mol. The molecule has 2 rings (SSSR count). The molecule has 1 aromatic rings. The Bertz CT molecular complexity index is 380. The van der Waals surface area contributed by atoms with Crippen molar-refractivity contribution in [1.29, 1.82) is 0 Å². The summed E-state index contributed by atoms with van der Waals surface area (Å²) in [6.45, 7) is 3.84. The largest absolute Gasteiger partial charge is 0.352 e. The molecule has 0 saturated heterocycles. The second-order valence-electron chi connectivity index (χ2n) is 4.90. The second-order valence-corrected chi connectivity index (χ2v) is 4.90. The quantitative estimate of drug-likeness (QED) is 0.873. The van der Waals surface area contributed by atoms with Gasteiger partial charge in [0.05, 0.1) is 0 Å². The molecule has 1 fully saturated rings. The highest BCUT2D eigenvalue weighted by Gasteiger charge is 2.21. The van der Waals surface area contributed by atoms with Crippen LogP contribution in [0.1, 0.15) is 50.9 Å². The predicted octanol–water partition coefficient (Wildman–Crippen LogP) is 2.20. The molecule has 0 aromatic carbocycles. The fraction of sp³-hybridized carbons (Fsp3) is 0.692. The Labute approximate surface area is 102 Å². The summed E-state index contributed by atoms with van der Waals surface area (Å²) in [5, 5.41) is 3.15. The fourth-order valence-corrected chi connectivity index (χ4v) is 2.49. The normalized spacial score (nSPS) is 18.9. The minimum atomic E-state index is -0.167. The van der Waals surface area contributed by atoms with Gasteiger partial charge in [0.25, 0.3) is 0 Å². The van der Waals surface area contributed by atoms with Crippen LogP contribution in [0.25, 0.3) is 0 Å². The number of aryl methyl sites for hydroxylation is 1. The molecule has 1 aliphatic carbocycles. The first-order chi connectivity index (χ1) is 8.18. The van der Waals surface area contributed by atoms with Crippen molar-refractivity contribution < 1.29 is 4.79 Å². The third-order valence-corrected chi connectivity index (χ3v) is 3.61. The van der Waals surface area contributed by atoms with E-state index in [0.717, 1.165) is 18.7 Å². The molecular formula is C13H21N3O. The number of carbonyl (C=O) groups excluding carboxylic acids is 1. The van der Waals surface area contributed by atoms with Crippen molar-refractivity contribution in [1.82, 2.24) is 14.9 Å². The molecule has 1 unspecified atom stereocenters. The number of rotatable bonds is 3. The molecule has 1 aliphatic rings. The Balaban J connectivity index is 1.93. The van der Waals surface area contributed by atoms with Gasteiger partial charge < -0.3 is 9.88 Å². The number of carbonyl (C=O) groups is 1. The van der Waals surface area contributed by atoms with Crippen molar-refractivity contribution in [2.75, 3.05) is 0 Å². The average Bonchev–Trinajstić information content (AvgIpc) is 2.76. The molecule has 0 aliphatic heterocycles. The van der Waals surface area contributed by atoms with Gasteiger partial charge in [0.1, 0.15) is 11.9 Å². The van der Waals surface area contributed by atoms with Crippen LogP contribution in [-0.2, 0) is 4.79 Å². The average molecular weight is 235 g/mol. The number of aromatic nitrogens is 2. The van der Waals surface area contributed by atoms with Crippen LogP contribution in [0.3, 0.4) is 0 Å². The maximum Gasteiger partial charge on any atom is 0.243 e. The van der Waals surface area contributed by atoms with Gasteiger partial charge in [0, 0.05) is 18.4 Å². The molecular weight excluding hydrogens is 214 g/mol. The van der Waals surface area contributed by atoms with Crippen LogP contribution in [0, 0.1) is 6.92 Å². The molecule has 1 atom stereocenters. The summed E-state index contributed by atoms with van der Waals surface area (Å²) >= 11 is 0. The minimum Gasteiger partial charge on any atom is -0.352 e. The Hall–Kier alpha value is -1.32. The Kier molecular flexibility index (Phi) is 3.82. The van der Waals surface area contributed by atoms with Crippen LogP contribution >= 0.6 is 0 Å². The van der Waals surface area contributed by atoms with Crippen molar-refractivity contribution in [3.63, 3.8) is 0 Å². The van der Waals surface area contributed by atoms with Crippen molar-refractivity contribution >= 4 is 5.91 Å². The molecule has 0 spiro atoms. The van der Waals surface area contributed by atoms with Crippen LogP contribution in [-0.4, -0.2) is 21.5 Å². The van der Waals surface area contributed by atoms with Gasteiger partial charge in [-0.3, -0.25) is 4.79 Å². The summed E-state index contributed by atoms with van der Waals surface area (Å²) < 4.78 is 1.91. The number of nitrogens with one attached hydrogen (secondary N) is 1. The van der Waals surface area contributed by atoms with Crippen LogP contribution in [0.5, 0.6) is 0 Å². The Morgan fingerprint density at radius 2 is 2.18 bits per heavy atom. The number of hydrogen-bond donors (Lipinski definition) is 1. The summed E-state index contributed by atoms with van der Waals surface area (Å²) in [5.74, 6) is 0.995. The third kappa shape index (κ3) is 2.87. The van der Waals surface area contributed by atoms with Crippen molar-refractivity contribution in [3.05, 3.63) is 18.2 Å². The summed E-state index contributed by atoms with van der Waals surface area (Å²) in [5.41, 5.74) is 0. The molecule has 1 N–H and O–H groups in total. The molecule has 4 nitrogen and oxygen atoms in total. The topological polar surface area (TPSA) is 46.9 Å². The van der Waals surface area contributed by atoms with E-state index in [2.05, 4.69) is 10.3 Å². The maximum atomic E-state index is 12.1. The molecule has 4 heteroatoms. The van der Waals surface area contributed by atoms with Crippen LogP contribution in [0.2, 0.25) is 0 Å². The first-order valence-electron chi connectivity index (χ1n) is 6.48. The molecule has 1 aromatic heterocycles. The molecule has 0 radical (unpaired) electrons. The highest BCUT2D eigenvalue weighted by Crippen LogP contribution is 2.18. The van der Waals surface area contributed by atoms with Crippen molar-refractivity contribution in [3.8, 4) is 0 Å². The summed E-state index contributed by atoms with van der Waals surface area (Å²) in [6.07, 6.45) is 9.64. The van der Waals surface area contributed by atoms with E-state index in [-0.39, 0.29) is 11.9 Å². The molecule has 1 amide bonds. The highest BCUT2D eigenvalue weighted by molar-refractivity contribution is 5.80. The number of amides is 1. The zero-order chi connectivity index (χ0) is 12.3. The van der Waals surface area contributed by atoms with Gasteiger partial charge in [0.15, 0.2) is 0 Å². The first kappa shape index (κ1) is 12.1. The summed E-state index contributed by atoms with van der Waals surface area (Å²) in [6, 6.07) is 0.210. The summed E-state index contributed by atoms with van der Waals surface area (Å²) in [4.78, 5) is 16.3. The van der Waals surface area contributed by atoms with Gasteiger partial charge in [0.2, 0.25) is 5.91 Å². The lowest BCUT2D eigenvalue weighted by molar-refractivity contribution is -0.124. The molecule has 1 heterocycles. The molecule has 94 valence electrons. The SMILES string of the molecule is Cc1nccn1C(C)C(=O)NC1CCCCC1. The second kappa shape index (κ2) is 5.34. The van der Waals surface area contributed by atoms with E-state index in [1.165, 1.54) is 19.3 Å². The van der Waals surface area contributed by atoms with E-state index in [1.54, 1.807) is 6.20 Å². The van der Waals surface area contributed by atoms with Crippen LogP contribution < -0.4 is 5.32 Å². The lowest BCUT2D eigenvalue weighted by Crippen LogP contribution is -2.40. The zero-order valence-corrected chi connectivity index (χ0v) is 10.6. The van der Waals surface area contributed by atoms with Gasteiger partial charge in [-0.25, -0.2) is 4.98 Å². The van der Waals surface area contributed by atoms with E-state index in [1.807, 2.05) is 24.6 Å². The highest BCUT2D eigenvalue weighted by atomic mass is 16.2. The summed E-state index contributed by atoms with van der Waals surface area (Å²) in [7, 11) is 0. The third-order valence-electron chi connectivity index (χ3n) is 3.61. The van der Waals surface area contributed by atoms with Gasteiger partial charge in [-0.15, -0.1) is 0 Å². The van der Waals surface area contributed by atoms with Gasteiger partial charge in [-0.05, 0) is 26.7 Å². The zero-order valence-electron chi connectivity index (χ0n) is 10.6. The minimum absolute atomic E-state index is 0.109. The Morgan fingerprint density at radius 1 is 1.47 bits per heavy atom. The smallest absolute Gasteiger partial charge is 0.243 e. The first-order valence-corrected chi connectivity index (χ1v) is 6.48. The van der Waals surface area contributed by atoms with E-state index >= 15 is 0 Å². The van der Waals surface area contributed by atoms with E-state index in [0.29, 0.717) is 6.04 Å². The molecule has 1 saturated carbocycles. The van der Waals surface area contributed by atoms with E-state index in [4.69, 9.17) is 0 Å². The molecule has 17 heavy (non-hydrogen) atoms. The van der Waals surface area contributed by atoms with Crippen LogP contribution in [0.4, 0.5) is 0 Å². The predicted molar refractivity (Wildman–Crippen MR) is 66.7 cm³/mol. The molecule has 0 bridgehead atoms. The van der Waals surface area contributed by atoms with Gasteiger partial charge in [-0.2, -0.15) is 0 Å². The van der Waals surface area contributed by atoms with Gasteiger partial charge in [-0.1, -0.05) is 19.3 Å². The van der Waals surface area contributed by atoms with E-state index < -0.39 is 0 Å².